The van der Waals surface area contributed by atoms with Crippen molar-refractivity contribution in [3.05, 3.63) is 66.0 Å². The molecule has 2 nitrogen and oxygen atoms in total. The summed E-state index contributed by atoms with van der Waals surface area (Å²) in [5, 5.41) is 3.61. The van der Waals surface area contributed by atoms with Crippen LogP contribution in [0.3, 0.4) is 0 Å². The second kappa shape index (κ2) is 6.92. The molecule has 0 aliphatic rings. The Morgan fingerprint density at radius 3 is 2.61 bits per heavy atom. The monoisotopic (exact) mass is 240 g/mol. The first-order chi connectivity index (χ1) is 8.90. The van der Waals surface area contributed by atoms with Gasteiger partial charge in [0.05, 0.1) is 0 Å². The summed E-state index contributed by atoms with van der Waals surface area (Å²) in [5.74, 6) is 0. The van der Waals surface area contributed by atoms with Gasteiger partial charge in [-0.15, -0.1) is 0 Å². The maximum Gasteiger partial charge on any atom is 0.0317 e. The van der Waals surface area contributed by atoms with Crippen LogP contribution in [0.25, 0.3) is 0 Å². The van der Waals surface area contributed by atoms with Gasteiger partial charge in [-0.2, -0.15) is 0 Å². The summed E-state index contributed by atoms with van der Waals surface area (Å²) < 4.78 is 0. The molecule has 0 radical (unpaired) electrons. The maximum atomic E-state index is 4.13. The van der Waals surface area contributed by atoms with Crippen LogP contribution in [-0.2, 0) is 6.42 Å². The van der Waals surface area contributed by atoms with Gasteiger partial charge in [-0.25, -0.2) is 0 Å². The van der Waals surface area contributed by atoms with E-state index in [0.717, 1.165) is 19.4 Å². The van der Waals surface area contributed by atoms with Crippen molar-refractivity contribution < 1.29 is 0 Å². The Balaban J connectivity index is 1.85. The molecule has 1 heterocycles. The van der Waals surface area contributed by atoms with Crippen molar-refractivity contribution in [2.45, 2.75) is 25.8 Å². The molecule has 0 saturated heterocycles. The van der Waals surface area contributed by atoms with Crippen molar-refractivity contribution in [3.8, 4) is 0 Å². The highest BCUT2D eigenvalue weighted by Gasteiger charge is 2.07. The normalized spacial score (nSPS) is 12.3. The molecule has 0 saturated carbocycles. The van der Waals surface area contributed by atoms with Crippen LogP contribution in [0.4, 0.5) is 0 Å². The van der Waals surface area contributed by atoms with E-state index >= 15 is 0 Å². The van der Waals surface area contributed by atoms with Gasteiger partial charge in [-0.1, -0.05) is 43.3 Å². The number of hydrogen-bond acceptors (Lipinski definition) is 2. The summed E-state index contributed by atoms with van der Waals surface area (Å²) in [7, 11) is 0. The molecule has 2 heteroatoms. The molecule has 0 spiro atoms. The molecule has 2 aromatic rings. The first kappa shape index (κ1) is 12.8. The van der Waals surface area contributed by atoms with Gasteiger partial charge in [0.15, 0.2) is 0 Å². The fourth-order valence-electron chi connectivity index (χ4n) is 2.12. The topological polar surface area (TPSA) is 24.9 Å². The molecule has 2 rings (SSSR count). The number of nitrogens with zero attached hydrogens (tertiary/aromatic N) is 1. The number of pyridine rings is 1. The minimum Gasteiger partial charge on any atom is -0.310 e. The van der Waals surface area contributed by atoms with E-state index in [1.165, 1.54) is 11.1 Å². The van der Waals surface area contributed by atoms with Crippen molar-refractivity contribution in [1.29, 1.82) is 0 Å². The molecule has 1 unspecified atom stereocenters. The van der Waals surface area contributed by atoms with Crippen LogP contribution < -0.4 is 5.32 Å². The summed E-state index contributed by atoms with van der Waals surface area (Å²) in [6.45, 7) is 3.20. The van der Waals surface area contributed by atoms with Crippen LogP contribution in [0.15, 0.2) is 54.9 Å². The fourth-order valence-corrected chi connectivity index (χ4v) is 2.12. The minimum absolute atomic E-state index is 0.447. The van der Waals surface area contributed by atoms with E-state index in [9.17, 15) is 0 Å². The van der Waals surface area contributed by atoms with Crippen molar-refractivity contribution in [2.75, 3.05) is 6.54 Å². The third-order valence-electron chi connectivity index (χ3n) is 3.14. The predicted octanol–water partition coefficient (Wildman–Crippen LogP) is 3.37. The summed E-state index contributed by atoms with van der Waals surface area (Å²) in [4.78, 5) is 4.13. The van der Waals surface area contributed by atoms with Crippen molar-refractivity contribution >= 4 is 0 Å². The average Bonchev–Trinajstić information content (AvgIpc) is 2.46. The van der Waals surface area contributed by atoms with E-state index < -0.39 is 0 Å². The lowest BCUT2D eigenvalue weighted by Crippen LogP contribution is -2.23. The van der Waals surface area contributed by atoms with Gasteiger partial charge in [0.25, 0.3) is 0 Å². The predicted molar refractivity (Wildman–Crippen MR) is 75.4 cm³/mol. The molecule has 18 heavy (non-hydrogen) atoms. The third kappa shape index (κ3) is 3.67. The van der Waals surface area contributed by atoms with E-state index in [0.29, 0.717) is 6.04 Å². The molecule has 1 N–H and O–H groups in total. The number of benzene rings is 1. The second-order valence-electron chi connectivity index (χ2n) is 4.44. The molecule has 0 aliphatic heterocycles. The zero-order valence-electron chi connectivity index (χ0n) is 10.8. The third-order valence-corrected chi connectivity index (χ3v) is 3.14. The lowest BCUT2D eigenvalue weighted by atomic mass is 10.0. The number of nitrogens with one attached hydrogen (secondary N) is 1. The summed E-state index contributed by atoms with van der Waals surface area (Å²) >= 11 is 0. The Kier molecular flexibility index (Phi) is 4.91. The van der Waals surface area contributed by atoms with Crippen LogP contribution >= 0.6 is 0 Å². The minimum atomic E-state index is 0.447. The van der Waals surface area contributed by atoms with Crippen LogP contribution in [0.1, 0.15) is 30.5 Å². The first-order valence-corrected chi connectivity index (χ1v) is 6.57. The molecule has 1 aromatic carbocycles. The lowest BCUT2D eigenvalue weighted by molar-refractivity contribution is 0.522. The molecule has 94 valence electrons. The largest absolute Gasteiger partial charge is 0.310 e. The van der Waals surface area contributed by atoms with Crippen LogP contribution in [0.5, 0.6) is 0 Å². The van der Waals surface area contributed by atoms with E-state index in [1.54, 1.807) is 0 Å². The molecule has 1 atom stereocenters. The summed E-state index contributed by atoms with van der Waals surface area (Å²) in [6, 6.07) is 15.2. The molecule has 0 fully saturated rings. The highest BCUT2D eigenvalue weighted by atomic mass is 14.9. The van der Waals surface area contributed by atoms with Crippen molar-refractivity contribution in [3.63, 3.8) is 0 Å². The first-order valence-electron chi connectivity index (χ1n) is 6.57. The molecule has 0 aliphatic carbocycles. The van der Waals surface area contributed by atoms with Crippen molar-refractivity contribution in [2.24, 2.45) is 0 Å². The van der Waals surface area contributed by atoms with Gasteiger partial charge in [0.1, 0.15) is 0 Å². The van der Waals surface area contributed by atoms with E-state index in [4.69, 9.17) is 0 Å². The van der Waals surface area contributed by atoms with Gasteiger partial charge < -0.3 is 5.32 Å². The molecule has 1 aromatic heterocycles. The van der Waals surface area contributed by atoms with Crippen molar-refractivity contribution in [1.82, 2.24) is 10.3 Å². The van der Waals surface area contributed by atoms with Gasteiger partial charge in [-0.05, 0) is 36.6 Å². The van der Waals surface area contributed by atoms with E-state index in [2.05, 4.69) is 53.6 Å². The Hall–Kier alpha value is -1.67. The van der Waals surface area contributed by atoms with E-state index in [1.807, 2.05) is 18.5 Å². The van der Waals surface area contributed by atoms with Gasteiger partial charge in [0.2, 0.25) is 0 Å². The van der Waals surface area contributed by atoms with E-state index in [-0.39, 0.29) is 0 Å². The average molecular weight is 240 g/mol. The Bertz CT molecular complexity index is 439. The molecule has 0 amide bonds. The van der Waals surface area contributed by atoms with Gasteiger partial charge >= 0.3 is 0 Å². The zero-order chi connectivity index (χ0) is 12.6. The Labute approximate surface area is 109 Å². The fraction of sp³-hybridized carbons (Fsp3) is 0.312. The lowest BCUT2D eigenvalue weighted by Gasteiger charge is -2.17. The maximum absolute atomic E-state index is 4.13. The Morgan fingerprint density at radius 1 is 1.11 bits per heavy atom. The zero-order valence-corrected chi connectivity index (χ0v) is 10.8. The number of hydrogen-bond donors (Lipinski definition) is 1. The smallest absolute Gasteiger partial charge is 0.0317 e. The number of aromatic nitrogens is 1. The SMILES string of the molecule is CCC(NCCc1cccnc1)c1ccccc1. The highest BCUT2D eigenvalue weighted by molar-refractivity contribution is 5.18. The van der Waals surface area contributed by atoms with Crippen LogP contribution in [0.2, 0.25) is 0 Å². The number of rotatable bonds is 6. The quantitative estimate of drug-likeness (QED) is 0.837. The molecular formula is C16H20N2. The Morgan fingerprint density at radius 2 is 1.94 bits per heavy atom. The van der Waals surface area contributed by atoms with Gasteiger partial charge in [0, 0.05) is 18.4 Å². The van der Waals surface area contributed by atoms with Crippen LogP contribution in [-0.4, -0.2) is 11.5 Å². The molecule has 0 bridgehead atoms. The summed E-state index contributed by atoms with van der Waals surface area (Å²) in [5.41, 5.74) is 2.65. The standard InChI is InChI=1S/C16H20N2/c1-2-16(15-8-4-3-5-9-15)18-12-10-14-7-6-11-17-13-14/h3-9,11,13,16,18H,2,10,12H2,1H3. The highest BCUT2D eigenvalue weighted by Crippen LogP contribution is 2.15. The summed E-state index contributed by atoms with van der Waals surface area (Å²) in [6.07, 6.45) is 5.88. The molecular weight excluding hydrogens is 220 g/mol. The van der Waals surface area contributed by atoms with Gasteiger partial charge in [-0.3, -0.25) is 4.98 Å². The van der Waals surface area contributed by atoms with Crippen LogP contribution in [0, 0.1) is 0 Å². The second-order valence-corrected chi connectivity index (χ2v) is 4.44.